The Labute approximate surface area is 189 Å². The summed E-state index contributed by atoms with van der Waals surface area (Å²) in [7, 11) is 0. The molecule has 2 saturated heterocycles. The molecule has 164 valence electrons. The minimum atomic E-state index is -0.731. The molecule has 1 aromatic carbocycles. The van der Waals surface area contributed by atoms with Gasteiger partial charge in [0.2, 0.25) is 0 Å². The van der Waals surface area contributed by atoms with Crippen LogP contribution < -0.4 is 9.80 Å². The van der Waals surface area contributed by atoms with Gasteiger partial charge in [-0.1, -0.05) is 34.4 Å². The van der Waals surface area contributed by atoms with Gasteiger partial charge in [0.1, 0.15) is 12.0 Å². The van der Waals surface area contributed by atoms with Gasteiger partial charge in [0.15, 0.2) is 11.4 Å². The van der Waals surface area contributed by atoms with E-state index in [2.05, 4.69) is 19.9 Å². The summed E-state index contributed by atoms with van der Waals surface area (Å²) >= 11 is 12.9. The largest absolute Gasteiger partial charge is 0.379 e. The number of morpholine rings is 1. The van der Waals surface area contributed by atoms with Gasteiger partial charge >= 0.3 is 0 Å². The second-order valence-electron chi connectivity index (χ2n) is 7.69. The normalized spacial score (nSPS) is 19.2. The molecule has 1 N–H and O–H groups in total. The SMILES string of the molecule is OC(c1cnc(N2CCN(c3noc4cccc(Cl)c34)CC2)c(Cl)c1)N1CCOCC1. The molecule has 5 rings (SSSR count). The molecule has 1 unspecified atom stereocenters. The van der Waals surface area contributed by atoms with Crippen LogP contribution >= 0.6 is 23.2 Å². The van der Waals surface area contributed by atoms with E-state index in [0.717, 1.165) is 43.2 Å². The van der Waals surface area contributed by atoms with Crippen molar-refractivity contribution in [1.82, 2.24) is 15.0 Å². The number of aliphatic hydroxyl groups is 1. The summed E-state index contributed by atoms with van der Waals surface area (Å²) in [5, 5.41) is 16.9. The number of hydrogen-bond donors (Lipinski definition) is 1. The van der Waals surface area contributed by atoms with Crippen molar-refractivity contribution in [2.75, 3.05) is 62.3 Å². The van der Waals surface area contributed by atoms with Crippen LogP contribution in [0.5, 0.6) is 0 Å². The van der Waals surface area contributed by atoms with Crippen LogP contribution in [0.15, 0.2) is 35.0 Å². The van der Waals surface area contributed by atoms with Crippen LogP contribution in [0, 0.1) is 0 Å². The molecule has 0 amide bonds. The summed E-state index contributed by atoms with van der Waals surface area (Å²) in [5.41, 5.74) is 1.38. The van der Waals surface area contributed by atoms with E-state index >= 15 is 0 Å². The van der Waals surface area contributed by atoms with E-state index < -0.39 is 6.23 Å². The maximum Gasteiger partial charge on any atom is 0.181 e. The van der Waals surface area contributed by atoms with Gasteiger partial charge < -0.3 is 24.2 Å². The molecule has 2 aliphatic rings. The maximum absolute atomic E-state index is 10.6. The highest BCUT2D eigenvalue weighted by molar-refractivity contribution is 6.36. The second-order valence-corrected chi connectivity index (χ2v) is 8.50. The quantitative estimate of drug-likeness (QED) is 0.631. The maximum atomic E-state index is 10.6. The van der Waals surface area contributed by atoms with Crippen molar-refractivity contribution in [2.45, 2.75) is 6.23 Å². The smallest absolute Gasteiger partial charge is 0.181 e. The predicted octanol–water partition coefficient (Wildman–Crippen LogP) is 3.18. The lowest BCUT2D eigenvalue weighted by Gasteiger charge is -2.36. The molecule has 2 aromatic heterocycles. The van der Waals surface area contributed by atoms with Crippen molar-refractivity contribution in [3.63, 3.8) is 0 Å². The van der Waals surface area contributed by atoms with Gasteiger partial charge in [-0.25, -0.2) is 4.98 Å². The number of anilines is 2. The Morgan fingerprint density at radius 2 is 1.65 bits per heavy atom. The highest BCUT2D eigenvalue weighted by Crippen LogP contribution is 2.34. The molecule has 31 heavy (non-hydrogen) atoms. The molecule has 0 bridgehead atoms. The van der Waals surface area contributed by atoms with E-state index in [-0.39, 0.29) is 0 Å². The molecule has 10 heteroatoms. The Bertz CT molecular complexity index is 1060. The fraction of sp³-hybridized carbons (Fsp3) is 0.429. The zero-order valence-electron chi connectivity index (χ0n) is 16.9. The number of fused-ring (bicyclic) bond motifs is 1. The Hall–Kier alpha value is -2.10. The number of aliphatic hydroxyl groups excluding tert-OH is 1. The molecule has 8 nitrogen and oxygen atoms in total. The molecule has 0 saturated carbocycles. The molecule has 0 radical (unpaired) electrons. The lowest BCUT2D eigenvalue weighted by atomic mass is 10.2. The topological polar surface area (TPSA) is 78.1 Å². The van der Waals surface area contributed by atoms with Crippen molar-refractivity contribution >= 4 is 45.8 Å². The number of pyridine rings is 1. The summed E-state index contributed by atoms with van der Waals surface area (Å²) < 4.78 is 10.8. The van der Waals surface area contributed by atoms with Crippen LogP contribution in [-0.2, 0) is 4.74 Å². The average molecular weight is 464 g/mol. The van der Waals surface area contributed by atoms with Crippen LogP contribution in [0.25, 0.3) is 11.0 Å². The third kappa shape index (κ3) is 4.06. The molecule has 3 aromatic rings. The van der Waals surface area contributed by atoms with Crippen LogP contribution in [0.3, 0.4) is 0 Å². The number of rotatable bonds is 4. The van der Waals surface area contributed by atoms with E-state index in [1.54, 1.807) is 12.3 Å². The minimum Gasteiger partial charge on any atom is -0.379 e. The zero-order valence-corrected chi connectivity index (χ0v) is 18.4. The Kier molecular flexibility index (Phi) is 5.90. The Balaban J connectivity index is 1.28. The molecular formula is C21H23Cl2N5O3. The van der Waals surface area contributed by atoms with E-state index in [1.165, 1.54) is 0 Å². The van der Waals surface area contributed by atoms with Gasteiger partial charge in [0.25, 0.3) is 0 Å². The molecule has 0 aliphatic carbocycles. The summed E-state index contributed by atoms with van der Waals surface area (Å²) in [5.74, 6) is 1.49. The zero-order chi connectivity index (χ0) is 21.4. The Morgan fingerprint density at radius 3 is 2.35 bits per heavy atom. The van der Waals surface area contributed by atoms with E-state index in [4.69, 9.17) is 32.5 Å². The number of benzene rings is 1. The van der Waals surface area contributed by atoms with Crippen LogP contribution in [0.2, 0.25) is 10.0 Å². The number of hydrogen-bond acceptors (Lipinski definition) is 8. The lowest BCUT2D eigenvalue weighted by Crippen LogP contribution is -2.47. The third-order valence-electron chi connectivity index (χ3n) is 5.84. The molecule has 2 aliphatic heterocycles. The van der Waals surface area contributed by atoms with Crippen LogP contribution in [-0.4, -0.2) is 72.6 Å². The fourth-order valence-electron chi connectivity index (χ4n) is 4.13. The highest BCUT2D eigenvalue weighted by atomic mass is 35.5. The summed E-state index contributed by atoms with van der Waals surface area (Å²) in [6.07, 6.45) is 0.975. The van der Waals surface area contributed by atoms with E-state index in [9.17, 15) is 5.11 Å². The highest BCUT2D eigenvalue weighted by Gasteiger charge is 2.26. The first-order chi connectivity index (χ1) is 15.1. The van der Waals surface area contributed by atoms with E-state index in [1.807, 2.05) is 23.1 Å². The van der Waals surface area contributed by atoms with Gasteiger partial charge in [-0.2, -0.15) is 0 Å². The van der Waals surface area contributed by atoms with Crippen molar-refractivity contribution in [3.05, 3.63) is 46.1 Å². The van der Waals surface area contributed by atoms with Crippen molar-refractivity contribution in [1.29, 1.82) is 0 Å². The molecular weight excluding hydrogens is 441 g/mol. The molecule has 1 atom stereocenters. The minimum absolute atomic E-state index is 0.535. The fourth-order valence-corrected chi connectivity index (χ4v) is 4.68. The first-order valence-electron chi connectivity index (χ1n) is 10.3. The van der Waals surface area contributed by atoms with E-state index in [0.29, 0.717) is 47.5 Å². The molecule has 0 spiro atoms. The monoisotopic (exact) mass is 463 g/mol. The summed E-state index contributed by atoms with van der Waals surface area (Å²) in [6, 6.07) is 7.37. The summed E-state index contributed by atoms with van der Waals surface area (Å²) in [6.45, 7) is 5.55. The molecule has 2 fully saturated rings. The first-order valence-corrected chi connectivity index (χ1v) is 11.1. The number of ether oxygens (including phenoxy) is 1. The van der Waals surface area contributed by atoms with Crippen LogP contribution in [0.1, 0.15) is 11.8 Å². The number of halogens is 2. The Morgan fingerprint density at radius 1 is 0.935 bits per heavy atom. The standard InChI is InChI=1S/C21H23Cl2N5O3/c22-15-2-1-3-17-18(15)20(25-31-17)27-6-4-26(5-7-27)19-16(23)12-14(13-24-19)21(29)28-8-10-30-11-9-28/h1-3,12-13,21,29H,4-11H2. The number of nitrogens with zero attached hydrogens (tertiary/aromatic N) is 5. The third-order valence-corrected chi connectivity index (χ3v) is 6.43. The van der Waals surface area contributed by atoms with Gasteiger partial charge in [0, 0.05) is 51.0 Å². The lowest BCUT2D eigenvalue weighted by molar-refractivity contribution is -0.0604. The van der Waals surface area contributed by atoms with Gasteiger partial charge in [-0.05, 0) is 18.2 Å². The van der Waals surface area contributed by atoms with Crippen molar-refractivity contribution in [2.24, 2.45) is 0 Å². The van der Waals surface area contributed by atoms with Crippen molar-refractivity contribution < 1.29 is 14.4 Å². The number of aromatic nitrogens is 2. The number of piperazine rings is 1. The van der Waals surface area contributed by atoms with Crippen LogP contribution in [0.4, 0.5) is 11.6 Å². The predicted molar refractivity (Wildman–Crippen MR) is 120 cm³/mol. The average Bonchev–Trinajstić information content (AvgIpc) is 3.25. The first kappa shape index (κ1) is 20.8. The molecule has 4 heterocycles. The van der Waals surface area contributed by atoms with Crippen molar-refractivity contribution in [3.8, 4) is 0 Å². The summed E-state index contributed by atoms with van der Waals surface area (Å²) in [4.78, 5) is 10.8. The van der Waals surface area contributed by atoms with Gasteiger partial charge in [-0.15, -0.1) is 0 Å². The second kappa shape index (κ2) is 8.80. The van der Waals surface area contributed by atoms with Gasteiger partial charge in [-0.3, -0.25) is 4.90 Å². The van der Waals surface area contributed by atoms with Gasteiger partial charge in [0.05, 0.1) is 28.6 Å².